The molecule has 0 radical (unpaired) electrons. The van der Waals surface area contributed by atoms with Gasteiger partial charge in [0, 0.05) is 11.3 Å². The molecular formula is C20H20F2N4O3S2. The maximum absolute atomic E-state index is 12.7. The second-order valence-electron chi connectivity index (χ2n) is 6.63. The maximum atomic E-state index is 12.7. The molecular weight excluding hydrogens is 446 g/mol. The molecule has 31 heavy (non-hydrogen) atoms. The van der Waals surface area contributed by atoms with Crippen molar-refractivity contribution in [3.8, 4) is 0 Å². The fraction of sp³-hybridized carbons (Fsp3) is 0.250. The van der Waals surface area contributed by atoms with Crippen LogP contribution in [0.5, 0.6) is 0 Å². The number of unbranched alkanes of at least 4 members (excludes halogenated alkanes) is 1. The van der Waals surface area contributed by atoms with Crippen LogP contribution in [0.4, 0.5) is 19.6 Å². The third-order valence-corrected chi connectivity index (χ3v) is 6.50. The van der Waals surface area contributed by atoms with Crippen molar-refractivity contribution in [1.82, 2.24) is 10.2 Å². The summed E-state index contributed by atoms with van der Waals surface area (Å²) in [6, 6.07) is 12.5. The summed E-state index contributed by atoms with van der Waals surface area (Å²) < 4.78 is 53.1. The average molecular weight is 467 g/mol. The van der Waals surface area contributed by atoms with E-state index >= 15 is 0 Å². The van der Waals surface area contributed by atoms with Gasteiger partial charge in [0.15, 0.2) is 5.01 Å². The molecule has 0 spiro atoms. The number of carbonyl (C=O) groups is 1. The number of halogens is 2. The van der Waals surface area contributed by atoms with Crippen molar-refractivity contribution in [1.29, 1.82) is 0 Å². The highest BCUT2D eigenvalue weighted by Crippen LogP contribution is 2.25. The van der Waals surface area contributed by atoms with E-state index in [1.165, 1.54) is 24.3 Å². The predicted octanol–water partition coefficient (Wildman–Crippen LogP) is 4.87. The molecule has 164 valence electrons. The van der Waals surface area contributed by atoms with Crippen LogP contribution in [0, 0.1) is 0 Å². The zero-order valence-corrected chi connectivity index (χ0v) is 18.1. The van der Waals surface area contributed by atoms with E-state index in [-0.39, 0.29) is 15.6 Å². The fourth-order valence-electron chi connectivity index (χ4n) is 2.68. The van der Waals surface area contributed by atoms with E-state index in [9.17, 15) is 22.0 Å². The van der Waals surface area contributed by atoms with Crippen LogP contribution in [0.25, 0.3) is 0 Å². The molecule has 1 heterocycles. The number of hydrogen-bond donors (Lipinski definition) is 2. The van der Waals surface area contributed by atoms with E-state index in [1.54, 1.807) is 12.1 Å². The number of aryl methyl sites for hydroxylation is 1. The predicted molar refractivity (Wildman–Crippen MR) is 115 cm³/mol. The largest absolute Gasteiger partial charge is 0.296 e. The molecule has 0 aliphatic carbocycles. The first-order valence-electron chi connectivity index (χ1n) is 9.43. The lowest BCUT2D eigenvalue weighted by Gasteiger charge is -2.10. The first-order chi connectivity index (χ1) is 14.8. The van der Waals surface area contributed by atoms with Gasteiger partial charge in [0.25, 0.3) is 22.4 Å². The van der Waals surface area contributed by atoms with Gasteiger partial charge in [-0.3, -0.25) is 14.8 Å². The SMILES string of the molecule is CCCCc1ccc(NS(=O)(=O)c2cccc(C(=O)Nc3nnc(C(F)F)s3)c2)cc1. The molecule has 0 saturated heterocycles. The topological polar surface area (TPSA) is 101 Å². The van der Waals surface area contributed by atoms with Gasteiger partial charge >= 0.3 is 0 Å². The molecule has 0 aliphatic rings. The Hall–Kier alpha value is -2.92. The molecule has 7 nitrogen and oxygen atoms in total. The number of alkyl halides is 2. The van der Waals surface area contributed by atoms with Crippen molar-refractivity contribution < 1.29 is 22.0 Å². The van der Waals surface area contributed by atoms with Crippen molar-refractivity contribution in [3.63, 3.8) is 0 Å². The molecule has 1 aromatic heterocycles. The van der Waals surface area contributed by atoms with Crippen LogP contribution >= 0.6 is 11.3 Å². The van der Waals surface area contributed by atoms with Crippen LogP contribution in [0.3, 0.4) is 0 Å². The van der Waals surface area contributed by atoms with Gasteiger partial charge in [-0.05, 0) is 48.7 Å². The minimum Gasteiger partial charge on any atom is -0.296 e. The van der Waals surface area contributed by atoms with Crippen LogP contribution in [0.15, 0.2) is 53.4 Å². The van der Waals surface area contributed by atoms with Crippen LogP contribution in [-0.2, 0) is 16.4 Å². The van der Waals surface area contributed by atoms with Gasteiger partial charge in [-0.25, -0.2) is 17.2 Å². The average Bonchev–Trinajstić information content (AvgIpc) is 3.22. The van der Waals surface area contributed by atoms with E-state index in [2.05, 4.69) is 27.2 Å². The summed E-state index contributed by atoms with van der Waals surface area (Å²) in [4.78, 5) is 12.3. The summed E-state index contributed by atoms with van der Waals surface area (Å²) in [6.45, 7) is 2.10. The second kappa shape index (κ2) is 9.92. The van der Waals surface area contributed by atoms with Gasteiger partial charge in [0.1, 0.15) is 0 Å². The highest BCUT2D eigenvalue weighted by molar-refractivity contribution is 7.92. The third kappa shape index (κ3) is 6.05. The summed E-state index contributed by atoms with van der Waals surface area (Å²) >= 11 is 0.547. The lowest BCUT2D eigenvalue weighted by atomic mass is 10.1. The first kappa shape index (κ1) is 22.8. The van der Waals surface area contributed by atoms with Gasteiger partial charge in [0.05, 0.1) is 4.90 Å². The molecule has 0 saturated carbocycles. The Kier molecular flexibility index (Phi) is 7.29. The quantitative estimate of drug-likeness (QED) is 0.468. The van der Waals surface area contributed by atoms with Crippen molar-refractivity contribution >= 4 is 38.1 Å². The number of sulfonamides is 1. The highest BCUT2D eigenvalue weighted by atomic mass is 32.2. The Labute approximate surface area is 182 Å². The van der Waals surface area contributed by atoms with Gasteiger partial charge < -0.3 is 0 Å². The molecule has 2 N–H and O–H groups in total. The molecule has 0 fully saturated rings. The molecule has 0 atom stereocenters. The van der Waals surface area contributed by atoms with Crippen molar-refractivity contribution in [2.45, 2.75) is 37.5 Å². The zero-order valence-electron chi connectivity index (χ0n) is 16.5. The minimum absolute atomic E-state index is 0.0339. The normalized spacial score (nSPS) is 11.5. The Morgan fingerprint density at radius 1 is 1.13 bits per heavy atom. The highest BCUT2D eigenvalue weighted by Gasteiger charge is 2.19. The zero-order chi connectivity index (χ0) is 22.4. The number of rotatable bonds is 9. The Balaban J connectivity index is 1.72. The van der Waals surface area contributed by atoms with Gasteiger partial charge in [0.2, 0.25) is 5.13 Å². The third-order valence-electron chi connectivity index (χ3n) is 4.28. The van der Waals surface area contributed by atoms with Crippen LogP contribution in [0.1, 0.15) is 47.1 Å². The van der Waals surface area contributed by atoms with Crippen LogP contribution in [-0.4, -0.2) is 24.5 Å². The van der Waals surface area contributed by atoms with Gasteiger partial charge in [-0.1, -0.05) is 42.9 Å². The fourth-order valence-corrected chi connectivity index (χ4v) is 4.38. The number of carbonyl (C=O) groups excluding carboxylic acids is 1. The van der Waals surface area contributed by atoms with E-state index in [4.69, 9.17) is 0 Å². The number of anilines is 2. The standard InChI is InChI=1S/C20H20F2N4O3S2/c1-2-3-5-13-8-10-15(11-9-13)26-31(28,29)16-7-4-6-14(12-16)18(27)23-20-25-24-19(30-20)17(21)22/h4,6-12,17,26H,2-3,5H2,1H3,(H,23,25,27). The number of nitrogens with one attached hydrogen (secondary N) is 2. The summed E-state index contributed by atoms with van der Waals surface area (Å²) in [7, 11) is -3.93. The van der Waals surface area contributed by atoms with Crippen LogP contribution in [0.2, 0.25) is 0 Å². The maximum Gasteiger partial charge on any atom is 0.291 e. The lowest BCUT2D eigenvalue weighted by Crippen LogP contribution is -2.16. The lowest BCUT2D eigenvalue weighted by molar-refractivity contribution is 0.102. The second-order valence-corrected chi connectivity index (χ2v) is 9.33. The summed E-state index contributed by atoms with van der Waals surface area (Å²) in [5.41, 5.74) is 1.56. The van der Waals surface area contributed by atoms with Gasteiger partial charge in [-0.2, -0.15) is 0 Å². The van der Waals surface area contributed by atoms with E-state index in [0.717, 1.165) is 24.8 Å². The molecule has 0 bridgehead atoms. The minimum atomic E-state index is -3.93. The van der Waals surface area contributed by atoms with E-state index in [1.807, 2.05) is 12.1 Å². The van der Waals surface area contributed by atoms with Crippen molar-refractivity contribution in [3.05, 3.63) is 64.7 Å². The first-order valence-corrected chi connectivity index (χ1v) is 11.7. The molecule has 1 amide bonds. The molecule has 11 heteroatoms. The van der Waals surface area contributed by atoms with E-state index in [0.29, 0.717) is 17.0 Å². The molecule has 0 unspecified atom stereocenters. The summed E-state index contributed by atoms with van der Waals surface area (Å²) in [5, 5.41) is 8.49. The number of amides is 1. The van der Waals surface area contributed by atoms with E-state index < -0.39 is 27.4 Å². The summed E-state index contributed by atoms with van der Waals surface area (Å²) in [5.74, 6) is -0.686. The number of hydrogen-bond acceptors (Lipinski definition) is 6. The van der Waals surface area contributed by atoms with Crippen molar-refractivity contribution in [2.24, 2.45) is 0 Å². The number of aromatic nitrogens is 2. The van der Waals surface area contributed by atoms with Crippen molar-refractivity contribution in [2.75, 3.05) is 10.0 Å². The smallest absolute Gasteiger partial charge is 0.291 e. The Bertz CT molecular complexity index is 1150. The van der Waals surface area contributed by atoms with Gasteiger partial charge in [-0.15, -0.1) is 10.2 Å². The molecule has 3 rings (SSSR count). The molecule has 2 aromatic carbocycles. The van der Waals surface area contributed by atoms with Crippen LogP contribution < -0.4 is 10.0 Å². The molecule has 3 aromatic rings. The Morgan fingerprint density at radius 3 is 2.52 bits per heavy atom. The summed E-state index contributed by atoms with van der Waals surface area (Å²) in [6.07, 6.45) is 0.266. The Morgan fingerprint density at radius 2 is 1.87 bits per heavy atom. The number of nitrogens with zero attached hydrogens (tertiary/aromatic N) is 2. The molecule has 0 aliphatic heterocycles. The monoisotopic (exact) mass is 466 g/mol. The number of benzene rings is 2.